The first-order valence-corrected chi connectivity index (χ1v) is 13.8. The predicted octanol–water partition coefficient (Wildman–Crippen LogP) is 6.68. The number of nitrogens with one attached hydrogen (secondary N) is 1. The average molecular weight is 582 g/mol. The van der Waals surface area contributed by atoms with Gasteiger partial charge < -0.3 is 21.3 Å². The highest BCUT2D eigenvalue weighted by molar-refractivity contribution is 7.86. The first kappa shape index (κ1) is 28.0. The van der Waals surface area contributed by atoms with Crippen molar-refractivity contribution < 1.29 is 28.0 Å². The molecule has 5 aromatic rings. The van der Waals surface area contributed by atoms with E-state index in [0.717, 1.165) is 6.07 Å². The number of amides is 1. The number of phenols is 1. The van der Waals surface area contributed by atoms with Crippen molar-refractivity contribution in [3.8, 4) is 5.75 Å². The molecular formula is C30H23N5O6S. The minimum atomic E-state index is -4.81. The number of fused-ring (bicyclic) bond motifs is 1. The van der Waals surface area contributed by atoms with Crippen LogP contribution >= 0.6 is 0 Å². The molecule has 5 rings (SSSR count). The van der Waals surface area contributed by atoms with E-state index in [0.29, 0.717) is 22.6 Å². The van der Waals surface area contributed by atoms with E-state index in [1.165, 1.54) is 24.3 Å². The largest absolute Gasteiger partial charge is 0.505 e. The number of nitrogen functional groups attached to an aromatic ring is 1. The van der Waals surface area contributed by atoms with E-state index in [1.807, 2.05) is 0 Å². The van der Waals surface area contributed by atoms with Gasteiger partial charge in [0, 0.05) is 27.9 Å². The van der Waals surface area contributed by atoms with Gasteiger partial charge >= 0.3 is 0 Å². The van der Waals surface area contributed by atoms with Crippen molar-refractivity contribution in [2.24, 2.45) is 15.2 Å². The lowest BCUT2D eigenvalue weighted by Crippen LogP contribution is -2.11. The van der Waals surface area contributed by atoms with Gasteiger partial charge in [0.1, 0.15) is 10.6 Å². The van der Waals surface area contributed by atoms with E-state index in [9.17, 15) is 28.0 Å². The molecule has 0 radical (unpaired) electrons. The number of aliphatic imine (C=N–C) groups is 1. The van der Waals surface area contributed by atoms with Crippen molar-refractivity contribution in [1.29, 1.82) is 0 Å². The zero-order valence-electron chi connectivity index (χ0n) is 21.7. The third-order valence-corrected chi connectivity index (χ3v) is 6.96. The number of hydrogen-bond acceptors (Lipinski definition) is 8. The Bertz CT molecular complexity index is 1990. The Morgan fingerprint density at radius 3 is 2.24 bits per heavy atom. The van der Waals surface area contributed by atoms with Gasteiger partial charge in [-0.1, -0.05) is 30.3 Å². The van der Waals surface area contributed by atoms with Crippen LogP contribution in [0.5, 0.6) is 5.75 Å². The van der Waals surface area contributed by atoms with Crippen molar-refractivity contribution in [3.63, 3.8) is 0 Å². The van der Waals surface area contributed by atoms with Gasteiger partial charge in [-0.25, -0.2) is 4.99 Å². The van der Waals surface area contributed by atoms with Gasteiger partial charge in [-0.2, -0.15) is 13.5 Å². The fourth-order valence-electron chi connectivity index (χ4n) is 4.11. The van der Waals surface area contributed by atoms with Crippen LogP contribution in [0.3, 0.4) is 0 Å². The van der Waals surface area contributed by atoms with Crippen LogP contribution in [-0.2, 0) is 10.1 Å². The van der Waals surface area contributed by atoms with Gasteiger partial charge in [0.05, 0.1) is 11.4 Å². The lowest BCUT2D eigenvalue weighted by Gasteiger charge is -2.11. The highest BCUT2D eigenvalue weighted by Gasteiger charge is 2.22. The summed E-state index contributed by atoms with van der Waals surface area (Å²) in [7, 11) is -4.81. The number of benzene rings is 5. The molecule has 0 aliphatic heterocycles. The molecule has 11 nitrogen and oxygen atoms in total. The number of carbonyl (C=O) groups excluding carboxylic acids is 1. The number of aliphatic hydroxyl groups excluding tert-OH is 1. The van der Waals surface area contributed by atoms with Crippen LogP contribution < -0.4 is 11.1 Å². The van der Waals surface area contributed by atoms with Gasteiger partial charge in [-0.15, -0.1) is 5.11 Å². The maximum atomic E-state index is 13.0. The number of nitrogens with zero attached hydrogens (tertiary/aromatic N) is 3. The van der Waals surface area contributed by atoms with E-state index < -0.39 is 32.4 Å². The van der Waals surface area contributed by atoms with E-state index >= 15 is 0 Å². The van der Waals surface area contributed by atoms with Gasteiger partial charge in [0.25, 0.3) is 16.0 Å². The second-order valence-corrected chi connectivity index (χ2v) is 10.5. The molecule has 6 N–H and O–H groups in total. The maximum Gasteiger partial charge on any atom is 0.296 e. The Hall–Kier alpha value is -5.59. The molecule has 12 heteroatoms. The van der Waals surface area contributed by atoms with Crippen molar-refractivity contribution in [2.75, 3.05) is 11.1 Å². The Labute approximate surface area is 240 Å². The molecule has 0 saturated carbocycles. The lowest BCUT2D eigenvalue weighted by atomic mass is 10.1. The fraction of sp³-hybridized carbons (Fsp3) is 0. The molecule has 0 heterocycles. The highest BCUT2D eigenvalue weighted by Crippen LogP contribution is 2.42. The van der Waals surface area contributed by atoms with Crippen molar-refractivity contribution in [1.82, 2.24) is 0 Å². The van der Waals surface area contributed by atoms with Gasteiger partial charge in [-0.05, 0) is 78.2 Å². The maximum absolute atomic E-state index is 13.0. The molecule has 0 atom stereocenters. The number of hydrogen-bond donors (Lipinski definition) is 5. The van der Waals surface area contributed by atoms with Crippen LogP contribution in [0.2, 0.25) is 0 Å². The topological polar surface area (TPSA) is 187 Å². The van der Waals surface area contributed by atoms with E-state index in [2.05, 4.69) is 20.5 Å². The third-order valence-electron chi connectivity index (χ3n) is 6.10. The van der Waals surface area contributed by atoms with Crippen LogP contribution in [0.15, 0.2) is 123 Å². The first-order valence-electron chi connectivity index (χ1n) is 12.4. The summed E-state index contributed by atoms with van der Waals surface area (Å²) in [5, 5.41) is 32.2. The zero-order chi connectivity index (χ0) is 29.9. The number of azo groups is 1. The fourth-order valence-corrected chi connectivity index (χ4v) is 4.77. The molecule has 0 aromatic heterocycles. The Morgan fingerprint density at radius 2 is 1.50 bits per heavy atom. The molecule has 210 valence electrons. The number of aromatic hydroxyl groups is 1. The molecule has 0 unspecified atom stereocenters. The van der Waals surface area contributed by atoms with E-state index in [1.54, 1.807) is 72.8 Å². The van der Waals surface area contributed by atoms with Crippen molar-refractivity contribution >= 4 is 61.1 Å². The highest BCUT2D eigenvalue weighted by atomic mass is 32.2. The second kappa shape index (κ2) is 11.5. The smallest absolute Gasteiger partial charge is 0.296 e. The Morgan fingerprint density at radius 1 is 0.786 bits per heavy atom. The Balaban J connectivity index is 1.44. The van der Waals surface area contributed by atoms with Crippen LogP contribution in [0.4, 0.5) is 28.4 Å². The number of rotatable bonds is 7. The van der Waals surface area contributed by atoms with Crippen molar-refractivity contribution in [2.45, 2.75) is 4.90 Å². The molecule has 42 heavy (non-hydrogen) atoms. The molecule has 0 aliphatic carbocycles. The van der Waals surface area contributed by atoms with E-state index in [-0.39, 0.29) is 27.9 Å². The van der Waals surface area contributed by atoms with Crippen LogP contribution in [0, 0.1) is 0 Å². The Kier molecular flexibility index (Phi) is 7.65. The summed E-state index contributed by atoms with van der Waals surface area (Å²) in [6, 6.07) is 26.8. The number of nitrogens with two attached hydrogens (primary N) is 1. The van der Waals surface area contributed by atoms with Crippen LogP contribution in [0.1, 0.15) is 15.9 Å². The van der Waals surface area contributed by atoms with Crippen LogP contribution in [-0.4, -0.2) is 35.0 Å². The summed E-state index contributed by atoms with van der Waals surface area (Å²) < 4.78 is 34.2. The minimum Gasteiger partial charge on any atom is -0.505 e. The molecule has 0 aliphatic rings. The second-order valence-electron chi connectivity index (χ2n) is 9.08. The molecule has 0 bridgehead atoms. The average Bonchev–Trinajstić information content (AvgIpc) is 2.96. The van der Waals surface area contributed by atoms with Crippen LogP contribution in [0.25, 0.3) is 10.8 Å². The summed E-state index contributed by atoms with van der Waals surface area (Å²) in [5.74, 6) is -1.29. The predicted molar refractivity (Wildman–Crippen MR) is 160 cm³/mol. The summed E-state index contributed by atoms with van der Waals surface area (Å²) in [4.78, 5) is 16.5. The van der Waals surface area contributed by atoms with Gasteiger partial charge in [0.15, 0.2) is 5.75 Å². The van der Waals surface area contributed by atoms with Crippen molar-refractivity contribution in [3.05, 3.63) is 114 Å². The quantitative estimate of drug-likeness (QED) is 0.0466. The molecule has 5 aromatic carbocycles. The van der Waals surface area contributed by atoms with Gasteiger partial charge in [-0.3, -0.25) is 9.35 Å². The summed E-state index contributed by atoms with van der Waals surface area (Å²) >= 11 is 0. The lowest BCUT2D eigenvalue weighted by molar-refractivity contribution is 0.102. The molecule has 0 fully saturated rings. The summed E-state index contributed by atoms with van der Waals surface area (Å²) in [6.07, 6.45) is 0. The summed E-state index contributed by atoms with van der Waals surface area (Å²) in [5.41, 5.74) is 7.45. The third kappa shape index (κ3) is 6.25. The minimum absolute atomic E-state index is 0.210. The number of carbonyl (C=O) groups is 1. The number of phenolic OH excluding ortho intramolecular Hbond substituents is 1. The van der Waals surface area contributed by atoms with E-state index in [4.69, 9.17) is 5.73 Å². The molecule has 1 amide bonds. The number of aliphatic hydroxyl groups is 1. The zero-order valence-corrected chi connectivity index (χ0v) is 22.5. The monoisotopic (exact) mass is 581 g/mol. The molecule has 0 saturated heterocycles. The van der Waals surface area contributed by atoms with Gasteiger partial charge in [0.2, 0.25) is 5.90 Å². The number of anilines is 2. The molecular weight excluding hydrogens is 558 g/mol. The molecule has 0 spiro atoms. The SMILES string of the molecule is Nc1cccc(C(O)=Nc2cccc(C(=O)Nc3ccc4c(O)c(N=Nc5ccccc5)c(S(=O)(=O)O)cc4c3)c2)c1. The summed E-state index contributed by atoms with van der Waals surface area (Å²) in [6.45, 7) is 0. The normalized spacial score (nSPS) is 12.1. The standard InChI is InChI=1S/C30H23N5O6S/c31-21-8-4-6-18(14-21)29(37)32-23-11-5-7-19(15-23)30(38)33-24-12-13-25-20(16-24)17-26(42(39,40)41)27(28(25)36)35-34-22-9-2-1-3-10-22/h1-17,36H,31H2,(H,32,37)(H,33,38)(H,39,40,41). The first-order chi connectivity index (χ1) is 20.1.